The van der Waals surface area contributed by atoms with Crippen molar-refractivity contribution in [1.29, 1.82) is 0 Å². The Hall–Kier alpha value is -4.16. The second-order valence-electron chi connectivity index (χ2n) is 9.37. The van der Waals surface area contributed by atoms with Gasteiger partial charge in [0.2, 0.25) is 17.7 Å². The van der Waals surface area contributed by atoms with Crippen LogP contribution in [0.4, 0.5) is 0 Å². The lowest BCUT2D eigenvalue weighted by atomic mass is 10.1. The van der Waals surface area contributed by atoms with E-state index in [2.05, 4.69) is 10.4 Å². The van der Waals surface area contributed by atoms with Gasteiger partial charge >= 0.3 is 0 Å². The number of carbonyl (C=O) groups is 2. The molecular weight excluding hydrogens is 585 g/mol. The molecule has 0 bridgehead atoms. The van der Waals surface area contributed by atoms with Crippen LogP contribution in [0.15, 0.2) is 73.1 Å². The van der Waals surface area contributed by atoms with Crippen molar-refractivity contribution in [2.24, 2.45) is 5.73 Å². The first-order valence-electron chi connectivity index (χ1n) is 13.0. The Morgan fingerprint density at radius 3 is 2.55 bits per heavy atom. The Kier molecular flexibility index (Phi) is 10.4. The molecule has 0 saturated carbocycles. The molecular formula is C29H29Cl2N5O6. The number of pyridine rings is 1. The number of rotatable bonds is 13. The number of aliphatic hydroxyl groups excluding tert-OH is 2. The highest BCUT2D eigenvalue weighted by Crippen LogP contribution is 2.34. The number of amides is 2. The molecule has 42 heavy (non-hydrogen) atoms. The Morgan fingerprint density at radius 1 is 1.12 bits per heavy atom. The average Bonchev–Trinajstić information content (AvgIpc) is 3.32. The topological polar surface area (TPSA) is 167 Å². The Morgan fingerprint density at radius 2 is 1.88 bits per heavy atom. The van der Waals surface area contributed by atoms with Crippen molar-refractivity contribution in [2.75, 3.05) is 13.2 Å². The molecule has 2 aromatic heterocycles. The van der Waals surface area contributed by atoms with Gasteiger partial charge in [-0.05, 0) is 29.8 Å². The van der Waals surface area contributed by atoms with Crippen molar-refractivity contribution in [3.8, 4) is 22.8 Å². The molecule has 0 saturated heterocycles. The molecule has 5 N–H and O–H groups in total. The lowest BCUT2D eigenvalue weighted by Crippen LogP contribution is -2.49. The molecule has 13 heteroatoms. The van der Waals surface area contributed by atoms with E-state index in [9.17, 15) is 25.0 Å². The van der Waals surface area contributed by atoms with E-state index in [1.54, 1.807) is 54.6 Å². The fourth-order valence-electron chi connectivity index (χ4n) is 4.28. The Balaban J connectivity index is 1.55. The number of hydrogen-bond acceptors (Lipinski definition) is 7. The molecule has 1 unspecified atom stereocenters. The minimum atomic E-state index is -1.52. The average molecular weight is 614 g/mol. The number of carbonyl (C=O) groups excluding carboxylic acids is 2. The Bertz CT molecular complexity index is 1550. The minimum absolute atomic E-state index is 0.128. The molecule has 0 aliphatic rings. The van der Waals surface area contributed by atoms with Crippen LogP contribution in [-0.4, -0.2) is 57.2 Å². The summed E-state index contributed by atoms with van der Waals surface area (Å²) in [6.45, 7) is -0.392. The molecule has 2 amide bonds. The van der Waals surface area contributed by atoms with Gasteiger partial charge in [0.1, 0.15) is 17.8 Å². The van der Waals surface area contributed by atoms with Gasteiger partial charge in [0.25, 0.3) is 0 Å². The van der Waals surface area contributed by atoms with Crippen LogP contribution in [0.2, 0.25) is 10.0 Å². The standard InChI is InChI=1S/C29H29Cl2N5O6/c30-22-9-8-20(16-23(22)31)36-29(21(10-13-37)26(34-36)19-7-4-12-35(41)17-19)42-14-11-25(38)28(40)33-24(27(32)39)15-18-5-2-1-3-6-18/h1-9,12,16-17,24-25,37-38H,10-11,13-15H2,(H2,32,39)(H,33,40)/t24-,25?/m0/s1. The number of benzene rings is 2. The van der Waals surface area contributed by atoms with E-state index in [1.807, 2.05) is 6.07 Å². The van der Waals surface area contributed by atoms with E-state index >= 15 is 0 Å². The van der Waals surface area contributed by atoms with E-state index in [1.165, 1.54) is 17.1 Å². The molecule has 0 aliphatic heterocycles. The first kappa shape index (κ1) is 30.8. The smallest absolute Gasteiger partial charge is 0.249 e. The summed E-state index contributed by atoms with van der Waals surface area (Å²) in [6.07, 6.45) is 1.31. The fourth-order valence-corrected chi connectivity index (χ4v) is 4.57. The molecule has 0 fully saturated rings. The van der Waals surface area contributed by atoms with Gasteiger partial charge in [-0.1, -0.05) is 53.5 Å². The fraction of sp³-hybridized carbons (Fsp3) is 0.241. The van der Waals surface area contributed by atoms with Gasteiger partial charge in [0.05, 0.1) is 27.9 Å². The van der Waals surface area contributed by atoms with Gasteiger partial charge in [-0.3, -0.25) is 9.59 Å². The van der Waals surface area contributed by atoms with Crippen LogP contribution >= 0.6 is 23.2 Å². The summed E-state index contributed by atoms with van der Waals surface area (Å²) in [5.41, 5.74) is 8.12. The highest BCUT2D eigenvalue weighted by atomic mass is 35.5. The van der Waals surface area contributed by atoms with E-state index in [4.69, 9.17) is 33.7 Å². The number of nitrogens with one attached hydrogen (secondary N) is 1. The number of ether oxygens (including phenoxy) is 1. The summed E-state index contributed by atoms with van der Waals surface area (Å²) >= 11 is 12.3. The van der Waals surface area contributed by atoms with Crippen molar-refractivity contribution >= 4 is 35.0 Å². The number of primary amides is 1. The van der Waals surface area contributed by atoms with Gasteiger partial charge in [-0.2, -0.15) is 9.83 Å². The second kappa shape index (κ2) is 14.1. The maximum absolute atomic E-state index is 12.7. The SMILES string of the molecule is NC(=O)[C@H](Cc1ccccc1)NC(=O)C(O)CCOc1c(CCO)c(-c2ccc[n+]([O-])c2)nn1-c1ccc(Cl)c(Cl)c1. The molecule has 11 nitrogen and oxygen atoms in total. The van der Waals surface area contributed by atoms with E-state index in [0.29, 0.717) is 32.3 Å². The molecule has 2 atom stereocenters. The summed E-state index contributed by atoms with van der Waals surface area (Å²) in [7, 11) is 0. The number of aromatic nitrogens is 3. The Labute approximate surface area is 251 Å². The first-order chi connectivity index (χ1) is 20.2. The molecule has 0 spiro atoms. The maximum Gasteiger partial charge on any atom is 0.249 e. The monoisotopic (exact) mass is 613 g/mol. The number of hydrogen-bond donors (Lipinski definition) is 4. The number of halogens is 2. The zero-order valence-electron chi connectivity index (χ0n) is 22.3. The van der Waals surface area contributed by atoms with Crippen LogP contribution in [0.25, 0.3) is 16.9 Å². The van der Waals surface area contributed by atoms with Crippen molar-refractivity contribution in [3.63, 3.8) is 0 Å². The third kappa shape index (κ3) is 7.56. The summed E-state index contributed by atoms with van der Waals surface area (Å²) in [6, 6.07) is 16.1. The van der Waals surface area contributed by atoms with Crippen LogP contribution in [-0.2, 0) is 22.4 Å². The highest BCUT2D eigenvalue weighted by Gasteiger charge is 2.26. The summed E-state index contributed by atoms with van der Waals surface area (Å²) in [4.78, 5) is 24.7. The van der Waals surface area contributed by atoms with Crippen LogP contribution in [0.1, 0.15) is 17.5 Å². The zero-order chi connectivity index (χ0) is 30.2. The number of nitrogens with two attached hydrogens (primary N) is 1. The predicted molar refractivity (Wildman–Crippen MR) is 156 cm³/mol. The molecule has 4 rings (SSSR count). The molecule has 0 radical (unpaired) electrons. The largest absolute Gasteiger partial charge is 0.619 e. The van der Waals surface area contributed by atoms with Gasteiger partial charge in [0, 0.05) is 37.5 Å². The third-order valence-electron chi connectivity index (χ3n) is 6.37. The van der Waals surface area contributed by atoms with Crippen molar-refractivity contribution in [1.82, 2.24) is 15.1 Å². The quantitative estimate of drug-likeness (QED) is 0.133. The lowest BCUT2D eigenvalue weighted by Gasteiger charge is -2.18. The van der Waals surface area contributed by atoms with Gasteiger partial charge in [-0.15, -0.1) is 0 Å². The molecule has 0 aliphatic carbocycles. The normalized spacial score (nSPS) is 12.5. The van der Waals surface area contributed by atoms with Gasteiger partial charge in [-0.25, -0.2) is 4.68 Å². The van der Waals surface area contributed by atoms with Crippen LogP contribution in [0, 0.1) is 5.21 Å². The third-order valence-corrected chi connectivity index (χ3v) is 7.11. The van der Waals surface area contributed by atoms with Gasteiger partial charge in [0.15, 0.2) is 12.4 Å². The maximum atomic E-state index is 12.7. The lowest BCUT2D eigenvalue weighted by molar-refractivity contribution is -0.604. The first-order valence-corrected chi connectivity index (χ1v) is 13.8. The summed E-state index contributed by atoms with van der Waals surface area (Å²) < 4.78 is 8.12. The van der Waals surface area contributed by atoms with E-state index in [-0.39, 0.29) is 43.4 Å². The molecule has 220 valence electrons. The van der Waals surface area contributed by atoms with Crippen LogP contribution in [0.5, 0.6) is 5.88 Å². The van der Waals surface area contributed by atoms with Crippen LogP contribution in [0.3, 0.4) is 0 Å². The molecule has 4 aromatic rings. The summed E-state index contributed by atoms with van der Waals surface area (Å²) in [5.74, 6) is -1.30. The van der Waals surface area contributed by atoms with E-state index in [0.717, 1.165) is 5.56 Å². The molecule has 2 heterocycles. The van der Waals surface area contributed by atoms with Crippen LogP contribution < -0.4 is 20.5 Å². The van der Waals surface area contributed by atoms with Crippen molar-refractivity contribution in [2.45, 2.75) is 31.4 Å². The van der Waals surface area contributed by atoms with Crippen molar-refractivity contribution < 1.29 is 29.3 Å². The van der Waals surface area contributed by atoms with E-state index < -0.39 is 24.0 Å². The highest BCUT2D eigenvalue weighted by molar-refractivity contribution is 6.42. The predicted octanol–water partition coefficient (Wildman–Crippen LogP) is 2.36. The summed E-state index contributed by atoms with van der Waals surface area (Å²) in [5, 5.41) is 40.1. The second-order valence-corrected chi connectivity index (χ2v) is 10.2. The zero-order valence-corrected chi connectivity index (χ0v) is 23.8. The molecule has 2 aromatic carbocycles. The number of nitrogens with zero attached hydrogens (tertiary/aromatic N) is 3. The number of aliphatic hydroxyl groups is 2. The van der Waals surface area contributed by atoms with Gasteiger partial charge < -0.3 is 31.2 Å². The van der Waals surface area contributed by atoms with Crippen molar-refractivity contribution in [3.05, 3.63) is 99.4 Å². The minimum Gasteiger partial charge on any atom is -0.619 e.